The molecule has 1 saturated carbocycles. The molecule has 0 saturated heterocycles. The number of benzene rings is 2. The Kier molecular flexibility index (Phi) is 8.59. The first-order chi connectivity index (χ1) is 16.5. The molecule has 0 aromatic heterocycles. The summed E-state index contributed by atoms with van der Waals surface area (Å²) in [6.07, 6.45) is 5.17. The highest BCUT2D eigenvalue weighted by Gasteiger charge is 2.32. The van der Waals surface area contributed by atoms with Gasteiger partial charge in [0.1, 0.15) is 12.6 Å². The molecule has 8 heteroatoms. The summed E-state index contributed by atoms with van der Waals surface area (Å²) < 4.78 is 26.8. The summed E-state index contributed by atoms with van der Waals surface area (Å²) in [5.41, 5.74) is 3.95. The molecule has 2 aromatic rings. The fourth-order valence-electron chi connectivity index (χ4n) is 4.72. The molecule has 1 N–H and O–H groups in total. The Hall–Kier alpha value is -2.87. The summed E-state index contributed by atoms with van der Waals surface area (Å²) in [5, 5.41) is 3.08. The van der Waals surface area contributed by atoms with E-state index in [1.807, 2.05) is 63.2 Å². The van der Waals surface area contributed by atoms with E-state index in [9.17, 15) is 18.0 Å². The molecule has 3 rings (SSSR count). The summed E-state index contributed by atoms with van der Waals surface area (Å²) in [6.45, 7) is 7.17. The number of nitrogens with zero attached hydrogens (tertiary/aromatic N) is 2. The van der Waals surface area contributed by atoms with Crippen LogP contribution in [0.1, 0.15) is 54.9 Å². The van der Waals surface area contributed by atoms with Crippen molar-refractivity contribution in [2.75, 3.05) is 17.1 Å². The van der Waals surface area contributed by atoms with Gasteiger partial charge in [-0.1, -0.05) is 55.3 Å². The van der Waals surface area contributed by atoms with Gasteiger partial charge in [0.2, 0.25) is 21.8 Å². The maximum atomic E-state index is 13.7. The molecule has 7 nitrogen and oxygen atoms in total. The maximum absolute atomic E-state index is 13.7. The molecule has 0 heterocycles. The van der Waals surface area contributed by atoms with Crippen molar-refractivity contribution in [1.82, 2.24) is 10.2 Å². The second-order valence-corrected chi connectivity index (χ2v) is 11.5. The van der Waals surface area contributed by atoms with Crippen LogP contribution in [0.25, 0.3) is 0 Å². The Morgan fingerprint density at radius 1 is 0.971 bits per heavy atom. The molecule has 1 atom stereocenters. The molecule has 2 amide bonds. The molecular formula is C27H37N3O4S. The number of hydrogen-bond donors (Lipinski definition) is 1. The number of anilines is 1. The molecule has 1 aliphatic rings. The van der Waals surface area contributed by atoms with Crippen LogP contribution in [0.5, 0.6) is 0 Å². The predicted octanol–water partition coefficient (Wildman–Crippen LogP) is 3.85. The number of nitrogens with one attached hydrogen (secondary N) is 1. The van der Waals surface area contributed by atoms with Crippen molar-refractivity contribution in [3.63, 3.8) is 0 Å². The number of carbonyl (C=O) groups is 2. The third kappa shape index (κ3) is 6.63. The Morgan fingerprint density at radius 3 is 2.11 bits per heavy atom. The minimum absolute atomic E-state index is 0.127. The van der Waals surface area contributed by atoms with Crippen molar-refractivity contribution in [2.24, 2.45) is 0 Å². The second kappa shape index (κ2) is 11.2. The van der Waals surface area contributed by atoms with E-state index in [1.165, 1.54) is 4.90 Å². The third-order valence-corrected chi connectivity index (χ3v) is 7.95. The van der Waals surface area contributed by atoms with Gasteiger partial charge in [0.15, 0.2) is 0 Å². The highest BCUT2D eigenvalue weighted by atomic mass is 32.2. The number of aryl methyl sites for hydroxylation is 3. The summed E-state index contributed by atoms with van der Waals surface area (Å²) in [4.78, 5) is 28.4. The SMILES string of the molecule is Cc1ccccc1CN(C(=O)CN(c1c(C)cccc1C)S(C)(=O)=O)[C@H](C)C(=O)NC1CCCC1. The van der Waals surface area contributed by atoms with Crippen LogP contribution in [0, 0.1) is 20.8 Å². The van der Waals surface area contributed by atoms with E-state index in [2.05, 4.69) is 5.32 Å². The Bertz CT molecular complexity index is 1150. The van der Waals surface area contributed by atoms with Crippen LogP contribution >= 0.6 is 0 Å². The zero-order chi connectivity index (χ0) is 25.8. The Labute approximate surface area is 209 Å². The maximum Gasteiger partial charge on any atom is 0.244 e. The van der Waals surface area contributed by atoms with Crippen LogP contribution in [0.4, 0.5) is 5.69 Å². The van der Waals surface area contributed by atoms with Gasteiger partial charge < -0.3 is 10.2 Å². The monoisotopic (exact) mass is 499 g/mol. The van der Waals surface area contributed by atoms with Gasteiger partial charge in [-0.05, 0) is 62.8 Å². The van der Waals surface area contributed by atoms with Crippen LogP contribution in [0.2, 0.25) is 0 Å². The quantitative estimate of drug-likeness (QED) is 0.568. The van der Waals surface area contributed by atoms with Gasteiger partial charge in [0.05, 0.1) is 11.9 Å². The molecule has 0 aliphatic heterocycles. The average molecular weight is 500 g/mol. The van der Waals surface area contributed by atoms with Crippen molar-refractivity contribution in [3.05, 3.63) is 64.7 Å². The van der Waals surface area contributed by atoms with Crippen LogP contribution in [-0.2, 0) is 26.2 Å². The summed E-state index contributed by atoms with van der Waals surface area (Å²) >= 11 is 0. The molecule has 1 aliphatic carbocycles. The minimum Gasteiger partial charge on any atom is -0.352 e. The van der Waals surface area contributed by atoms with Crippen LogP contribution in [0.15, 0.2) is 42.5 Å². The first-order valence-corrected chi connectivity index (χ1v) is 14.0. The first-order valence-electron chi connectivity index (χ1n) is 12.2. The minimum atomic E-state index is -3.75. The largest absolute Gasteiger partial charge is 0.352 e. The summed E-state index contributed by atoms with van der Waals surface area (Å²) in [5.74, 6) is -0.632. The van der Waals surface area contributed by atoms with E-state index in [-0.39, 0.29) is 25.0 Å². The third-order valence-electron chi connectivity index (χ3n) is 6.84. The lowest BCUT2D eigenvalue weighted by molar-refractivity contribution is -0.139. The van der Waals surface area contributed by atoms with Crippen LogP contribution in [0.3, 0.4) is 0 Å². The molecule has 190 valence electrons. The number of carbonyl (C=O) groups excluding carboxylic acids is 2. The van der Waals surface area contributed by atoms with Gasteiger partial charge in [-0.3, -0.25) is 13.9 Å². The van der Waals surface area contributed by atoms with Crippen LogP contribution < -0.4 is 9.62 Å². The van der Waals surface area contributed by atoms with Crippen molar-refractivity contribution >= 4 is 27.5 Å². The van der Waals surface area contributed by atoms with Crippen LogP contribution in [-0.4, -0.2) is 50.0 Å². The number of rotatable bonds is 9. The smallest absolute Gasteiger partial charge is 0.244 e. The molecule has 0 unspecified atom stereocenters. The summed E-state index contributed by atoms with van der Waals surface area (Å²) in [6, 6.07) is 12.6. The van der Waals surface area contributed by atoms with E-state index in [4.69, 9.17) is 0 Å². The molecule has 0 bridgehead atoms. The van der Waals surface area contributed by atoms with E-state index in [1.54, 1.807) is 6.92 Å². The van der Waals surface area contributed by atoms with E-state index < -0.39 is 22.0 Å². The predicted molar refractivity (Wildman–Crippen MR) is 140 cm³/mol. The van der Waals surface area contributed by atoms with Gasteiger partial charge >= 0.3 is 0 Å². The van der Waals surface area contributed by atoms with Gasteiger partial charge in [-0.15, -0.1) is 0 Å². The number of sulfonamides is 1. The second-order valence-electron chi connectivity index (χ2n) is 9.62. The fraction of sp³-hybridized carbons (Fsp3) is 0.481. The Morgan fingerprint density at radius 2 is 1.54 bits per heavy atom. The van der Waals surface area contributed by atoms with E-state index in [0.717, 1.165) is 58.5 Å². The highest BCUT2D eigenvalue weighted by Crippen LogP contribution is 2.27. The zero-order valence-corrected chi connectivity index (χ0v) is 22.2. The molecular weight excluding hydrogens is 462 g/mol. The van der Waals surface area contributed by atoms with Gasteiger partial charge in [-0.2, -0.15) is 0 Å². The molecule has 0 spiro atoms. The fourth-order valence-corrected chi connectivity index (χ4v) is 5.69. The zero-order valence-electron chi connectivity index (χ0n) is 21.4. The Balaban J connectivity index is 1.93. The average Bonchev–Trinajstić information content (AvgIpc) is 3.29. The highest BCUT2D eigenvalue weighted by molar-refractivity contribution is 7.92. The molecule has 35 heavy (non-hydrogen) atoms. The number of hydrogen-bond acceptors (Lipinski definition) is 4. The lowest BCUT2D eigenvalue weighted by Gasteiger charge is -2.33. The van der Waals surface area contributed by atoms with Gasteiger partial charge in [-0.25, -0.2) is 8.42 Å². The van der Waals surface area contributed by atoms with Gasteiger partial charge in [0.25, 0.3) is 0 Å². The van der Waals surface area contributed by atoms with Crippen molar-refractivity contribution in [2.45, 2.75) is 72.0 Å². The van der Waals surface area contributed by atoms with Crippen molar-refractivity contribution in [3.8, 4) is 0 Å². The van der Waals surface area contributed by atoms with Crippen molar-refractivity contribution < 1.29 is 18.0 Å². The lowest BCUT2D eigenvalue weighted by Crippen LogP contribution is -2.52. The lowest BCUT2D eigenvalue weighted by atomic mass is 10.1. The summed E-state index contributed by atoms with van der Waals surface area (Å²) in [7, 11) is -3.75. The number of para-hydroxylation sites is 1. The topological polar surface area (TPSA) is 86.8 Å². The molecule has 2 aromatic carbocycles. The standard InChI is InChI=1S/C27H37N3O4S/c1-19-11-6-7-14-23(19)17-29(22(4)27(32)28-24-15-8-9-16-24)25(31)18-30(35(5,33)34)26-20(2)12-10-13-21(26)3/h6-7,10-14,22,24H,8-9,15-18H2,1-5H3,(H,28,32)/t22-/m1/s1. The van der Waals surface area contributed by atoms with E-state index in [0.29, 0.717) is 5.69 Å². The number of amides is 2. The first kappa shape index (κ1) is 26.7. The van der Waals surface area contributed by atoms with Crippen molar-refractivity contribution in [1.29, 1.82) is 0 Å². The molecule has 1 fully saturated rings. The van der Waals surface area contributed by atoms with E-state index >= 15 is 0 Å². The normalized spacial score (nSPS) is 15.0. The van der Waals surface area contributed by atoms with Gasteiger partial charge in [0, 0.05) is 12.6 Å². The molecule has 0 radical (unpaired) electrons.